The summed E-state index contributed by atoms with van der Waals surface area (Å²) in [5.74, 6) is -0.691. The lowest BCUT2D eigenvalue weighted by Gasteiger charge is -2.15. The Hall–Kier alpha value is -0.620. The molecule has 0 aromatic heterocycles. The number of nitrogens with two attached hydrogens (primary N) is 1. The van der Waals surface area contributed by atoms with E-state index in [1.807, 2.05) is 0 Å². The molecule has 84 valence electrons. The van der Waals surface area contributed by atoms with Gasteiger partial charge >= 0.3 is 6.18 Å². The van der Waals surface area contributed by atoms with Gasteiger partial charge in [0.2, 0.25) is 0 Å². The van der Waals surface area contributed by atoms with E-state index in [4.69, 9.17) is 5.73 Å². The zero-order valence-corrected chi connectivity index (χ0v) is 9.07. The number of rotatable bonds is 2. The molecule has 0 spiro atoms. The molecule has 1 aromatic rings. The highest BCUT2D eigenvalue weighted by Crippen LogP contribution is 2.23. The van der Waals surface area contributed by atoms with Gasteiger partial charge in [0.25, 0.3) is 0 Å². The highest BCUT2D eigenvalue weighted by molar-refractivity contribution is 9.10. The fourth-order valence-electron chi connectivity index (χ4n) is 1.04. The minimum Gasteiger partial charge on any atom is -0.320 e. The fraction of sp³-hybridized carbons (Fsp3) is 0.333. The van der Waals surface area contributed by atoms with Crippen LogP contribution in [0.2, 0.25) is 0 Å². The Morgan fingerprint density at radius 1 is 1.33 bits per heavy atom. The summed E-state index contributed by atoms with van der Waals surface area (Å²) in [6.07, 6.45) is -5.05. The second-order valence-electron chi connectivity index (χ2n) is 3.09. The van der Waals surface area contributed by atoms with Gasteiger partial charge in [-0.1, -0.05) is 22.0 Å². The maximum absolute atomic E-state index is 13.1. The van der Waals surface area contributed by atoms with Crippen LogP contribution in [0.1, 0.15) is 5.56 Å². The molecule has 1 rings (SSSR count). The molecule has 1 aromatic carbocycles. The van der Waals surface area contributed by atoms with Crippen molar-refractivity contribution in [2.45, 2.75) is 18.6 Å². The standard InChI is InChI=1S/C9H8BrF4N/c10-6-2-1-5(7(11)4-6)3-8(15)9(12,13)14/h1-2,4,8H,3,15H2. The van der Waals surface area contributed by atoms with E-state index in [-0.39, 0.29) is 5.56 Å². The van der Waals surface area contributed by atoms with Crippen molar-refractivity contribution in [1.82, 2.24) is 0 Å². The van der Waals surface area contributed by atoms with E-state index < -0.39 is 24.5 Å². The Morgan fingerprint density at radius 3 is 2.40 bits per heavy atom. The van der Waals surface area contributed by atoms with Crippen LogP contribution < -0.4 is 5.73 Å². The maximum Gasteiger partial charge on any atom is 0.403 e. The van der Waals surface area contributed by atoms with E-state index in [2.05, 4.69) is 15.9 Å². The largest absolute Gasteiger partial charge is 0.403 e. The number of alkyl halides is 3. The Morgan fingerprint density at radius 2 is 1.93 bits per heavy atom. The van der Waals surface area contributed by atoms with Crippen LogP contribution >= 0.6 is 15.9 Å². The van der Waals surface area contributed by atoms with Gasteiger partial charge in [-0.25, -0.2) is 4.39 Å². The van der Waals surface area contributed by atoms with Gasteiger partial charge in [-0.15, -0.1) is 0 Å². The number of hydrogen-bond donors (Lipinski definition) is 1. The maximum atomic E-state index is 13.1. The van der Waals surface area contributed by atoms with Crippen LogP contribution in [0.5, 0.6) is 0 Å². The monoisotopic (exact) mass is 285 g/mol. The molecule has 0 radical (unpaired) electrons. The van der Waals surface area contributed by atoms with Crippen molar-refractivity contribution < 1.29 is 17.6 Å². The summed E-state index contributed by atoms with van der Waals surface area (Å²) in [7, 11) is 0. The fourth-order valence-corrected chi connectivity index (χ4v) is 1.37. The molecule has 0 heterocycles. The van der Waals surface area contributed by atoms with E-state index in [9.17, 15) is 17.6 Å². The summed E-state index contributed by atoms with van der Waals surface area (Å²) in [4.78, 5) is 0. The SMILES string of the molecule is NC(Cc1ccc(Br)cc1F)C(F)(F)F. The van der Waals surface area contributed by atoms with Crippen LogP contribution in [-0.4, -0.2) is 12.2 Å². The average molecular weight is 286 g/mol. The van der Waals surface area contributed by atoms with Gasteiger partial charge in [0.1, 0.15) is 11.9 Å². The predicted molar refractivity (Wildman–Crippen MR) is 51.8 cm³/mol. The molecule has 1 atom stereocenters. The molecule has 2 N–H and O–H groups in total. The van der Waals surface area contributed by atoms with Crippen molar-refractivity contribution >= 4 is 15.9 Å². The summed E-state index contributed by atoms with van der Waals surface area (Å²) >= 11 is 3.01. The zero-order chi connectivity index (χ0) is 11.6. The Labute approximate surface area is 92.4 Å². The van der Waals surface area contributed by atoms with Gasteiger partial charge < -0.3 is 5.73 Å². The first kappa shape index (κ1) is 12.4. The van der Waals surface area contributed by atoms with Gasteiger partial charge in [-0.05, 0) is 24.1 Å². The van der Waals surface area contributed by atoms with E-state index in [0.717, 1.165) is 6.07 Å². The molecule has 6 heteroatoms. The summed E-state index contributed by atoms with van der Waals surface area (Å²) in [5, 5.41) is 0. The van der Waals surface area contributed by atoms with Crippen LogP contribution in [0.3, 0.4) is 0 Å². The van der Waals surface area contributed by atoms with E-state index in [1.165, 1.54) is 12.1 Å². The summed E-state index contributed by atoms with van der Waals surface area (Å²) in [6.45, 7) is 0. The van der Waals surface area contributed by atoms with Gasteiger partial charge in [-0.2, -0.15) is 13.2 Å². The third-order valence-electron chi connectivity index (χ3n) is 1.88. The molecule has 0 bridgehead atoms. The van der Waals surface area contributed by atoms with Gasteiger partial charge in [0, 0.05) is 4.47 Å². The quantitative estimate of drug-likeness (QED) is 0.831. The summed E-state index contributed by atoms with van der Waals surface area (Å²) < 4.78 is 49.9. The first-order valence-electron chi connectivity index (χ1n) is 4.07. The first-order chi connectivity index (χ1) is 6.80. The molecular weight excluding hydrogens is 278 g/mol. The molecule has 1 unspecified atom stereocenters. The minimum absolute atomic E-state index is 0.0389. The van der Waals surface area contributed by atoms with Crippen molar-refractivity contribution in [2.75, 3.05) is 0 Å². The van der Waals surface area contributed by atoms with Gasteiger partial charge in [0.15, 0.2) is 0 Å². The van der Waals surface area contributed by atoms with E-state index in [0.29, 0.717) is 4.47 Å². The zero-order valence-electron chi connectivity index (χ0n) is 7.48. The van der Waals surface area contributed by atoms with Crippen LogP contribution in [0.4, 0.5) is 17.6 Å². The molecule has 0 aliphatic heterocycles. The highest BCUT2D eigenvalue weighted by atomic mass is 79.9. The molecule has 0 saturated heterocycles. The number of hydrogen-bond acceptors (Lipinski definition) is 1. The lowest BCUT2D eigenvalue weighted by Crippen LogP contribution is -2.39. The van der Waals surface area contributed by atoms with Crippen molar-refractivity contribution in [3.05, 3.63) is 34.1 Å². The van der Waals surface area contributed by atoms with Gasteiger partial charge in [0.05, 0.1) is 0 Å². The number of benzene rings is 1. The van der Waals surface area contributed by atoms with E-state index in [1.54, 1.807) is 0 Å². The third kappa shape index (κ3) is 3.46. The van der Waals surface area contributed by atoms with Gasteiger partial charge in [-0.3, -0.25) is 0 Å². The highest BCUT2D eigenvalue weighted by Gasteiger charge is 2.36. The second kappa shape index (κ2) is 4.49. The Kier molecular flexibility index (Phi) is 3.72. The second-order valence-corrected chi connectivity index (χ2v) is 4.00. The molecule has 1 nitrogen and oxygen atoms in total. The normalized spacial score (nSPS) is 14.0. The third-order valence-corrected chi connectivity index (χ3v) is 2.37. The Bertz CT molecular complexity index is 350. The van der Waals surface area contributed by atoms with Crippen LogP contribution in [0.25, 0.3) is 0 Å². The predicted octanol–water partition coefficient (Wildman–Crippen LogP) is 3.02. The molecule has 0 fully saturated rings. The molecular formula is C9H8BrF4N. The molecule has 0 amide bonds. The first-order valence-corrected chi connectivity index (χ1v) is 4.86. The summed E-state index contributed by atoms with van der Waals surface area (Å²) in [5.41, 5.74) is 4.85. The lowest BCUT2D eigenvalue weighted by molar-refractivity contribution is -0.147. The minimum atomic E-state index is -4.50. The molecule has 0 saturated carbocycles. The van der Waals surface area contributed by atoms with Crippen LogP contribution in [-0.2, 0) is 6.42 Å². The van der Waals surface area contributed by atoms with Crippen LogP contribution in [0, 0.1) is 5.82 Å². The topological polar surface area (TPSA) is 26.0 Å². The average Bonchev–Trinajstić information content (AvgIpc) is 2.08. The number of halogens is 5. The Balaban J connectivity index is 2.82. The van der Waals surface area contributed by atoms with Crippen molar-refractivity contribution in [3.8, 4) is 0 Å². The van der Waals surface area contributed by atoms with Crippen molar-refractivity contribution in [1.29, 1.82) is 0 Å². The molecule has 0 aliphatic rings. The van der Waals surface area contributed by atoms with Crippen molar-refractivity contribution in [3.63, 3.8) is 0 Å². The van der Waals surface area contributed by atoms with E-state index >= 15 is 0 Å². The smallest absolute Gasteiger partial charge is 0.320 e. The lowest BCUT2D eigenvalue weighted by atomic mass is 10.1. The molecule has 15 heavy (non-hydrogen) atoms. The molecule has 0 aliphatic carbocycles. The van der Waals surface area contributed by atoms with Crippen LogP contribution in [0.15, 0.2) is 22.7 Å². The van der Waals surface area contributed by atoms with Crippen molar-refractivity contribution in [2.24, 2.45) is 5.73 Å². The summed E-state index contributed by atoms with van der Waals surface area (Å²) in [6, 6.07) is 1.83.